The molecule has 0 saturated carbocycles. The lowest BCUT2D eigenvalue weighted by molar-refractivity contribution is 0.0693. The number of carboxylic acids is 1. The lowest BCUT2D eigenvalue weighted by atomic mass is 9.99. The third-order valence-electron chi connectivity index (χ3n) is 3.53. The quantitative estimate of drug-likeness (QED) is 0.917. The number of carbonyl (C=O) groups is 1. The summed E-state index contributed by atoms with van der Waals surface area (Å²) in [5.41, 5.74) is 1.75. The highest BCUT2D eigenvalue weighted by Crippen LogP contribution is 2.23. The summed E-state index contributed by atoms with van der Waals surface area (Å²) < 4.78 is 2.64. The first-order chi connectivity index (χ1) is 9.34. The number of halogens is 1. The van der Waals surface area contributed by atoms with Crippen molar-refractivity contribution in [3.05, 3.63) is 55.9 Å². The summed E-state index contributed by atoms with van der Waals surface area (Å²) in [6, 6.07) is 7.26. The van der Waals surface area contributed by atoms with Crippen LogP contribution in [0.25, 0.3) is 11.1 Å². The number of benzene rings is 1. The molecule has 4 nitrogen and oxygen atoms in total. The maximum Gasteiger partial charge on any atom is 0.341 e. The van der Waals surface area contributed by atoms with Gasteiger partial charge in [0.1, 0.15) is 5.56 Å². The van der Waals surface area contributed by atoms with Crippen molar-refractivity contribution in [2.75, 3.05) is 0 Å². The molecule has 1 aromatic carbocycles. The summed E-state index contributed by atoms with van der Waals surface area (Å²) >= 11 is 3.34. The molecule has 0 saturated heterocycles. The van der Waals surface area contributed by atoms with Crippen molar-refractivity contribution in [1.29, 1.82) is 0 Å². The number of hydrogen-bond donors (Lipinski definition) is 1. The van der Waals surface area contributed by atoms with E-state index in [0.29, 0.717) is 16.8 Å². The summed E-state index contributed by atoms with van der Waals surface area (Å²) in [4.78, 5) is 23.8. The molecule has 0 aliphatic heterocycles. The Labute approximate surface area is 124 Å². The van der Waals surface area contributed by atoms with Gasteiger partial charge in [-0.2, -0.15) is 0 Å². The van der Waals surface area contributed by atoms with E-state index >= 15 is 0 Å². The highest BCUT2D eigenvalue weighted by atomic mass is 79.9. The Kier molecular flexibility index (Phi) is 3.81. The number of pyridine rings is 1. The van der Waals surface area contributed by atoms with E-state index in [4.69, 9.17) is 0 Å². The molecule has 104 valence electrons. The van der Waals surface area contributed by atoms with Crippen LogP contribution in [0, 0.1) is 13.8 Å². The van der Waals surface area contributed by atoms with E-state index in [9.17, 15) is 14.7 Å². The summed E-state index contributed by atoms with van der Waals surface area (Å²) in [5, 5.41) is 9.26. The Morgan fingerprint density at radius 1 is 1.15 bits per heavy atom. The van der Waals surface area contributed by atoms with Crippen LogP contribution in [-0.4, -0.2) is 15.6 Å². The van der Waals surface area contributed by atoms with Crippen LogP contribution >= 0.6 is 15.9 Å². The van der Waals surface area contributed by atoms with Gasteiger partial charge in [-0.1, -0.05) is 28.1 Å². The zero-order valence-electron chi connectivity index (χ0n) is 11.4. The van der Waals surface area contributed by atoms with E-state index in [1.54, 1.807) is 30.7 Å². The molecule has 0 atom stereocenters. The fourth-order valence-electron chi connectivity index (χ4n) is 2.25. The summed E-state index contributed by atoms with van der Waals surface area (Å²) in [6.45, 7) is 3.46. The molecule has 1 heterocycles. The average Bonchev–Trinajstić information content (AvgIpc) is 2.38. The largest absolute Gasteiger partial charge is 0.477 e. The van der Waals surface area contributed by atoms with Gasteiger partial charge in [-0.15, -0.1) is 0 Å². The van der Waals surface area contributed by atoms with Crippen LogP contribution < -0.4 is 5.43 Å². The van der Waals surface area contributed by atoms with Gasteiger partial charge in [0.05, 0.1) is 0 Å². The van der Waals surface area contributed by atoms with Gasteiger partial charge < -0.3 is 9.67 Å². The van der Waals surface area contributed by atoms with E-state index in [0.717, 1.165) is 10.2 Å². The zero-order chi connectivity index (χ0) is 15.0. The van der Waals surface area contributed by atoms with E-state index in [2.05, 4.69) is 15.9 Å². The van der Waals surface area contributed by atoms with Gasteiger partial charge >= 0.3 is 5.97 Å². The van der Waals surface area contributed by atoms with Crippen molar-refractivity contribution in [2.24, 2.45) is 7.05 Å². The topological polar surface area (TPSA) is 59.3 Å². The van der Waals surface area contributed by atoms with Gasteiger partial charge in [0.25, 0.3) is 0 Å². The highest BCUT2D eigenvalue weighted by molar-refractivity contribution is 9.10. The van der Waals surface area contributed by atoms with Crippen molar-refractivity contribution in [2.45, 2.75) is 13.8 Å². The van der Waals surface area contributed by atoms with Gasteiger partial charge in [-0.05, 0) is 31.5 Å². The van der Waals surface area contributed by atoms with Crippen LogP contribution in [0.5, 0.6) is 0 Å². The predicted molar refractivity (Wildman–Crippen MR) is 81.3 cm³/mol. The molecule has 0 radical (unpaired) electrons. The molecule has 1 N–H and O–H groups in total. The van der Waals surface area contributed by atoms with Gasteiger partial charge in [0.2, 0.25) is 5.43 Å². The molecule has 2 rings (SSSR count). The van der Waals surface area contributed by atoms with Gasteiger partial charge in [-0.3, -0.25) is 4.79 Å². The lowest BCUT2D eigenvalue weighted by Gasteiger charge is -2.16. The minimum Gasteiger partial charge on any atom is -0.477 e. The Balaban J connectivity index is 2.86. The Hall–Kier alpha value is -1.88. The monoisotopic (exact) mass is 335 g/mol. The first-order valence-electron chi connectivity index (χ1n) is 6.04. The molecule has 0 aliphatic carbocycles. The average molecular weight is 336 g/mol. The molecular formula is C15H14BrNO3. The van der Waals surface area contributed by atoms with Crippen molar-refractivity contribution in [3.63, 3.8) is 0 Å². The molecule has 0 aliphatic rings. The maximum atomic E-state index is 12.5. The third kappa shape index (κ3) is 2.29. The first-order valence-corrected chi connectivity index (χ1v) is 6.83. The van der Waals surface area contributed by atoms with Crippen molar-refractivity contribution in [1.82, 2.24) is 4.57 Å². The number of rotatable bonds is 2. The van der Waals surface area contributed by atoms with Crippen LogP contribution in [0.1, 0.15) is 21.7 Å². The summed E-state index contributed by atoms with van der Waals surface area (Å²) in [7, 11) is 1.76. The van der Waals surface area contributed by atoms with Crippen LogP contribution in [0.3, 0.4) is 0 Å². The van der Waals surface area contributed by atoms with Crippen molar-refractivity contribution < 1.29 is 9.90 Å². The molecule has 0 unspecified atom stereocenters. The van der Waals surface area contributed by atoms with Gasteiger partial charge in [-0.25, -0.2) is 4.79 Å². The summed E-state index contributed by atoms with van der Waals surface area (Å²) in [5.74, 6) is -1.19. The standard InChI is InChI=1S/C15H14BrNO3/c1-8-12(10-4-6-11(16)7-5-10)14(18)13(15(19)20)9(2)17(8)3/h4-7H,1-3H3,(H,19,20). The normalized spacial score (nSPS) is 10.6. The van der Waals surface area contributed by atoms with E-state index in [-0.39, 0.29) is 5.56 Å². The number of carboxylic acid groups (broad SMARTS) is 1. The van der Waals surface area contributed by atoms with Crippen LogP contribution in [0.4, 0.5) is 0 Å². The minimum atomic E-state index is -1.19. The maximum absolute atomic E-state index is 12.5. The molecule has 0 spiro atoms. The molecule has 1 aromatic heterocycles. The molecule has 0 amide bonds. The number of hydrogen-bond acceptors (Lipinski definition) is 2. The molecular weight excluding hydrogens is 322 g/mol. The fourth-order valence-corrected chi connectivity index (χ4v) is 2.51. The number of aromatic nitrogens is 1. The van der Waals surface area contributed by atoms with Crippen LogP contribution in [0.15, 0.2) is 33.5 Å². The fraction of sp³-hybridized carbons (Fsp3) is 0.200. The molecule has 0 bridgehead atoms. The molecule has 2 aromatic rings. The first kappa shape index (κ1) is 14.5. The van der Waals surface area contributed by atoms with Crippen LogP contribution in [0.2, 0.25) is 0 Å². The lowest BCUT2D eigenvalue weighted by Crippen LogP contribution is -2.24. The third-order valence-corrected chi connectivity index (χ3v) is 4.06. The predicted octanol–water partition coefficient (Wildman–Crippen LogP) is 3.13. The molecule has 5 heteroatoms. The zero-order valence-corrected chi connectivity index (χ0v) is 13.0. The second kappa shape index (κ2) is 5.25. The van der Waals surface area contributed by atoms with E-state index in [1.807, 2.05) is 19.1 Å². The highest BCUT2D eigenvalue weighted by Gasteiger charge is 2.21. The van der Waals surface area contributed by atoms with Crippen molar-refractivity contribution in [3.8, 4) is 11.1 Å². The SMILES string of the molecule is Cc1c(C(=O)O)c(=O)c(-c2ccc(Br)cc2)c(C)n1C. The number of nitrogens with zero attached hydrogens (tertiary/aromatic N) is 1. The Morgan fingerprint density at radius 2 is 1.70 bits per heavy atom. The van der Waals surface area contributed by atoms with Crippen LogP contribution in [-0.2, 0) is 7.05 Å². The Bertz CT molecular complexity index is 745. The van der Waals surface area contributed by atoms with E-state index in [1.165, 1.54) is 0 Å². The second-order valence-electron chi connectivity index (χ2n) is 4.62. The van der Waals surface area contributed by atoms with Gasteiger partial charge in [0.15, 0.2) is 0 Å². The van der Waals surface area contributed by atoms with Gasteiger partial charge in [0, 0.05) is 28.5 Å². The molecule has 0 fully saturated rings. The Morgan fingerprint density at radius 3 is 2.20 bits per heavy atom. The molecule has 20 heavy (non-hydrogen) atoms. The second-order valence-corrected chi connectivity index (χ2v) is 5.54. The van der Waals surface area contributed by atoms with E-state index < -0.39 is 11.4 Å². The van der Waals surface area contributed by atoms with Crippen molar-refractivity contribution >= 4 is 21.9 Å². The smallest absolute Gasteiger partial charge is 0.341 e. The summed E-state index contributed by atoms with van der Waals surface area (Å²) in [6.07, 6.45) is 0. The number of aromatic carboxylic acids is 1. The minimum absolute atomic E-state index is 0.170.